The number of carbonyl (C=O) groups excluding carboxylic acids is 1. The van der Waals surface area contributed by atoms with Crippen LogP contribution in [0.1, 0.15) is 25.7 Å². The number of anilines is 1. The van der Waals surface area contributed by atoms with Crippen molar-refractivity contribution in [3.8, 4) is 5.75 Å². The number of nitrogens with one attached hydrogen (secondary N) is 2. The van der Waals surface area contributed by atoms with Crippen molar-refractivity contribution in [2.24, 2.45) is 0 Å². The minimum absolute atomic E-state index is 0.0712. The third-order valence-electron chi connectivity index (χ3n) is 3.09. The molecule has 5 heteroatoms. The summed E-state index contributed by atoms with van der Waals surface area (Å²) in [6, 6.07) is 7.05. The minimum Gasteiger partial charge on any atom is -0.490 e. The van der Waals surface area contributed by atoms with Gasteiger partial charge in [-0.25, -0.2) is 4.79 Å². The van der Waals surface area contributed by atoms with Gasteiger partial charge in [0.2, 0.25) is 0 Å². The summed E-state index contributed by atoms with van der Waals surface area (Å²) >= 11 is 0. The Morgan fingerprint density at radius 1 is 1.37 bits per heavy atom. The average molecular weight is 264 g/mol. The van der Waals surface area contributed by atoms with Crippen LogP contribution in [0.3, 0.4) is 0 Å². The van der Waals surface area contributed by atoms with Gasteiger partial charge in [0.1, 0.15) is 5.75 Å². The number of carbonyl (C=O) groups is 1. The summed E-state index contributed by atoms with van der Waals surface area (Å²) in [6.07, 6.45) is 4.97. The van der Waals surface area contributed by atoms with Gasteiger partial charge in [-0.1, -0.05) is 6.07 Å². The van der Waals surface area contributed by atoms with E-state index >= 15 is 0 Å². The lowest BCUT2D eigenvalue weighted by Crippen LogP contribution is -2.30. The minimum atomic E-state index is -0.327. The SMILES string of the molecule is O=C(NCCO)Nc1cccc(OC2CCCC2)c1. The second-order valence-electron chi connectivity index (χ2n) is 4.66. The van der Waals surface area contributed by atoms with Gasteiger partial charge >= 0.3 is 6.03 Å². The number of ether oxygens (including phenoxy) is 1. The maximum Gasteiger partial charge on any atom is 0.319 e. The van der Waals surface area contributed by atoms with Crippen LogP contribution in [0.5, 0.6) is 5.75 Å². The average Bonchev–Trinajstić information content (AvgIpc) is 2.89. The molecule has 0 aliphatic heterocycles. The first-order valence-electron chi connectivity index (χ1n) is 6.70. The highest BCUT2D eigenvalue weighted by Crippen LogP contribution is 2.25. The van der Waals surface area contributed by atoms with Gasteiger partial charge < -0.3 is 20.5 Å². The van der Waals surface area contributed by atoms with E-state index in [4.69, 9.17) is 9.84 Å². The molecule has 1 aliphatic rings. The number of benzene rings is 1. The van der Waals surface area contributed by atoms with Gasteiger partial charge in [0.15, 0.2) is 0 Å². The van der Waals surface area contributed by atoms with Gasteiger partial charge in [0.05, 0.1) is 12.7 Å². The maximum absolute atomic E-state index is 11.5. The third-order valence-corrected chi connectivity index (χ3v) is 3.09. The largest absolute Gasteiger partial charge is 0.490 e. The molecule has 0 unspecified atom stereocenters. The molecule has 1 aromatic carbocycles. The number of rotatable bonds is 5. The highest BCUT2D eigenvalue weighted by molar-refractivity contribution is 5.89. The molecule has 0 bridgehead atoms. The fourth-order valence-electron chi connectivity index (χ4n) is 2.19. The van der Waals surface area contributed by atoms with Crippen LogP contribution in [0.4, 0.5) is 10.5 Å². The van der Waals surface area contributed by atoms with Crippen molar-refractivity contribution >= 4 is 11.7 Å². The molecule has 1 fully saturated rings. The van der Waals surface area contributed by atoms with E-state index in [1.54, 1.807) is 6.07 Å². The monoisotopic (exact) mass is 264 g/mol. The summed E-state index contributed by atoms with van der Waals surface area (Å²) in [6.45, 7) is 0.169. The van der Waals surface area contributed by atoms with Crippen LogP contribution in [0.2, 0.25) is 0 Å². The molecule has 0 saturated heterocycles. The Hall–Kier alpha value is -1.75. The molecule has 0 aromatic heterocycles. The standard InChI is InChI=1S/C14H20N2O3/c17-9-8-15-14(18)16-11-4-3-7-13(10-11)19-12-5-1-2-6-12/h3-4,7,10,12,17H,1-2,5-6,8-9H2,(H2,15,16,18). The first-order valence-corrected chi connectivity index (χ1v) is 6.70. The van der Waals surface area contributed by atoms with Crippen LogP contribution in [-0.2, 0) is 0 Å². The Labute approximate surface area is 113 Å². The van der Waals surface area contributed by atoms with E-state index in [1.165, 1.54) is 12.8 Å². The molecule has 104 valence electrons. The molecule has 1 aromatic rings. The zero-order valence-corrected chi connectivity index (χ0v) is 10.9. The zero-order valence-electron chi connectivity index (χ0n) is 10.9. The van der Waals surface area contributed by atoms with Crippen LogP contribution in [-0.4, -0.2) is 30.4 Å². The van der Waals surface area contributed by atoms with Gasteiger partial charge in [-0.3, -0.25) is 0 Å². The number of hydrogen-bond acceptors (Lipinski definition) is 3. The van der Waals surface area contributed by atoms with Crippen molar-refractivity contribution in [3.05, 3.63) is 24.3 Å². The Morgan fingerprint density at radius 2 is 2.16 bits per heavy atom. The van der Waals surface area contributed by atoms with E-state index in [9.17, 15) is 4.79 Å². The molecule has 1 aliphatic carbocycles. The van der Waals surface area contributed by atoms with Crippen molar-refractivity contribution in [3.63, 3.8) is 0 Å². The summed E-state index contributed by atoms with van der Waals surface area (Å²) in [4.78, 5) is 11.5. The maximum atomic E-state index is 11.5. The number of urea groups is 1. The van der Waals surface area contributed by atoms with Gasteiger partial charge in [-0.05, 0) is 37.8 Å². The fraction of sp³-hybridized carbons (Fsp3) is 0.500. The summed E-state index contributed by atoms with van der Waals surface area (Å²) in [5.74, 6) is 0.784. The Bertz CT molecular complexity index is 417. The Balaban J connectivity index is 1.88. The normalized spacial score (nSPS) is 15.2. The summed E-state index contributed by atoms with van der Waals surface area (Å²) in [5.41, 5.74) is 0.686. The fourth-order valence-corrected chi connectivity index (χ4v) is 2.19. The highest BCUT2D eigenvalue weighted by Gasteiger charge is 2.16. The van der Waals surface area contributed by atoms with Crippen LogP contribution in [0.15, 0.2) is 24.3 Å². The predicted octanol–water partition coefficient (Wildman–Crippen LogP) is 2.12. The van der Waals surface area contributed by atoms with Crippen molar-refractivity contribution in [2.45, 2.75) is 31.8 Å². The van der Waals surface area contributed by atoms with Gasteiger partial charge in [-0.2, -0.15) is 0 Å². The highest BCUT2D eigenvalue weighted by atomic mass is 16.5. The first kappa shape index (κ1) is 13.7. The van der Waals surface area contributed by atoms with E-state index in [0.717, 1.165) is 18.6 Å². The molecular weight excluding hydrogens is 244 g/mol. The number of amides is 2. The summed E-state index contributed by atoms with van der Waals surface area (Å²) in [7, 11) is 0. The van der Waals surface area contributed by atoms with E-state index in [1.807, 2.05) is 18.2 Å². The molecule has 0 heterocycles. The van der Waals surface area contributed by atoms with Crippen LogP contribution in [0.25, 0.3) is 0 Å². The molecule has 3 N–H and O–H groups in total. The molecule has 5 nitrogen and oxygen atoms in total. The smallest absolute Gasteiger partial charge is 0.319 e. The number of aliphatic hydroxyl groups is 1. The van der Waals surface area contributed by atoms with Crippen molar-refractivity contribution in [1.82, 2.24) is 5.32 Å². The van der Waals surface area contributed by atoms with E-state index in [-0.39, 0.29) is 19.2 Å². The molecule has 2 rings (SSSR count). The van der Waals surface area contributed by atoms with Gasteiger partial charge in [-0.15, -0.1) is 0 Å². The quantitative estimate of drug-likeness (QED) is 0.763. The van der Waals surface area contributed by atoms with E-state index < -0.39 is 0 Å². The second kappa shape index (κ2) is 6.99. The van der Waals surface area contributed by atoms with Crippen LogP contribution >= 0.6 is 0 Å². The van der Waals surface area contributed by atoms with Gasteiger partial charge in [0, 0.05) is 18.3 Å². The predicted molar refractivity (Wildman–Crippen MR) is 73.4 cm³/mol. The summed E-state index contributed by atoms with van der Waals surface area (Å²) < 4.78 is 5.87. The lowest BCUT2D eigenvalue weighted by atomic mass is 10.2. The van der Waals surface area contributed by atoms with E-state index in [2.05, 4.69) is 10.6 Å². The zero-order chi connectivity index (χ0) is 13.5. The van der Waals surface area contributed by atoms with Crippen molar-refractivity contribution in [1.29, 1.82) is 0 Å². The number of aliphatic hydroxyl groups excluding tert-OH is 1. The van der Waals surface area contributed by atoms with Crippen LogP contribution < -0.4 is 15.4 Å². The molecule has 1 saturated carbocycles. The lowest BCUT2D eigenvalue weighted by molar-refractivity contribution is 0.210. The molecule has 0 spiro atoms. The van der Waals surface area contributed by atoms with Crippen LogP contribution in [0, 0.1) is 0 Å². The molecule has 19 heavy (non-hydrogen) atoms. The topological polar surface area (TPSA) is 70.6 Å². The van der Waals surface area contributed by atoms with E-state index in [0.29, 0.717) is 11.8 Å². The van der Waals surface area contributed by atoms with Crippen molar-refractivity contribution < 1.29 is 14.6 Å². The third kappa shape index (κ3) is 4.44. The Kier molecular flexibility index (Phi) is 5.03. The van der Waals surface area contributed by atoms with Crippen molar-refractivity contribution in [2.75, 3.05) is 18.5 Å². The number of hydrogen-bond donors (Lipinski definition) is 3. The molecule has 0 radical (unpaired) electrons. The Morgan fingerprint density at radius 3 is 2.89 bits per heavy atom. The lowest BCUT2D eigenvalue weighted by Gasteiger charge is -2.14. The molecular formula is C14H20N2O3. The summed E-state index contributed by atoms with van der Waals surface area (Å²) in [5, 5.41) is 13.9. The molecule has 2 amide bonds. The molecule has 0 atom stereocenters. The van der Waals surface area contributed by atoms with Gasteiger partial charge in [0.25, 0.3) is 0 Å². The second-order valence-corrected chi connectivity index (χ2v) is 4.66. The first-order chi connectivity index (χ1) is 9.28.